The molecule has 3 nitrogen and oxygen atoms in total. The van der Waals surface area contributed by atoms with Gasteiger partial charge in [-0.3, -0.25) is 4.98 Å². The molecule has 1 aromatic heterocycles. The Bertz CT molecular complexity index is 570. The molecule has 2 rings (SSSR count). The zero-order valence-corrected chi connectivity index (χ0v) is 13.3. The molecule has 0 fully saturated rings. The Balaban J connectivity index is 2.18. The lowest BCUT2D eigenvalue weighted by Gasteiger charge is -2.24. The average Bonchev–Trinajstić information content (AvgIpc) is 2.46. The molecule has 2 N–H and O–H groups in total. The molecule has 2 aromatic rings. The van der Waals surface area contributed by atoms with Gasteiger partial charge in [-0.1, -0.05) is 23.7 Å². The number of pyridine rings is 1. The maximum Gasteiger partial charge on any atom is 0.0642 e. The number of rotatable bonds is 6. The molecule has 0 aliphatic heterocycles. The van der Waals surface area contributed by atoms with E-state index in [4.69, 9.17) is 17.3 Å². The third kappa shape index (κ3) is 4.45. The smallest absolute Gasteiger partial charge is 0.0642 e. The second-order valence-corrected chi connectivity index (χ2v) is 5.71. The van der Waals surface area contributed by atoms with Gasteiger partial charge in [-0.2, -0.15) is 0 Å². The van der Waals surface area contributed by atoms with Crippen molar-refractivity contribution in [3.8, 4) is 0 Å². The fourth-order valence-electron chi connectivity index (χ4n) is 2.36. The first-order valence-electron chi connectivity index (χ1n) is 7.29. The van der Waals surface area contributed by atoms with Gasteiger partial charge in [0.25, 0.3) is 0 Å². The zero-order valence-electron chi connectivity index (χ0n) is 12.6. The van der Waals surface area contributed by atoms with Gasteiger partial charge in [0.2, 0.25) is 0 Å². The van der Waals surface area contributed by atoms with Crippen LogP contribution in [0.3, 0.4) is 0 Å². The monoisotopic (exact) mass is 303 g/mol. The Kier molecular flexibility index (Phi) is 5.59. The van der Waals surface area contributed by atoms with Crippen LogP contribution in [-0.2, 0) is 13.0 Å². The lowest BCUT2D eigenvalue weighted by molar-refractivity contribution is 0.737. The molecule has 1 unspecified atom stereocenters. The maximum absolute atomic E-state index is 6.45. The summed E-state index contributed by atoms with van der Waals surface area (Å²) in [5.74, 6) is 0. The molecule has 1 atom stereocenters. The Hall–Kier alpha value is -1.58. The van der Waals surface area contributed by atoms with Gasteiger partial charge in [0.1, 0.15) is 0 Å². The van der Waals surface area contributed by atoms with Crippen molar-refractivity contribution in [3.05, 3.63) is 58.9 Å². The van der Waals surface area contributed by atoms with Gasteiger partial charge in [0.15, 0.2) is 0 Å². The molecule has 0 amide bonds. The third-order valence-corrected chi connectivity index (χ3v) is 3.67. The minimum Gasteiger partial charge on any atom is -0.365 e. The lowest BCUT2D eigenvalue weighted by Crippen LogP contribution is -2.23. The summed E-state index contributed by atoms with van der Waals surface area (Å²) in [4.78, 5) is 6.60. The Morgan fingerprint density at radius 3 is 2.67 bits per heavy atom. The first-order chi connectivity index (χ1) is 10.1. The van der Waals surface area contributed by atoms with Crippen molar-refractivity contribution >= 4 is 17.3 Å². The van der Waals surface area contributed by atoms with E-state index in [1.54, 1.807) is 0 Å². The summed E-state index contributed by atoms with van der Waals surface area (Å²) in [6.07, 6.45) is 2.66. The summed E-state index contributed by atoms with van der Waals surface area (Å²) < 4.78 is 0. The molecule has 112 valence electrons. The van der Waals surface area contributed by atoms with Crippen LogP contribution in [0.1, 0.15) is 25.1 Å². The van der Waals surface area contributed by atoms with Gasteiger partial charge < -0.3 is 10.6 Å². The maximum atomic E-state index is 6.45. The van der Waals surface area contributed by atoms with Crippen molar-refractivity contribution in [2.24, 2.45) is 5.73 Å². The summed E-state index contributed by atoms with van der Waals surface area (Å²) in [7, 11) is 0. The van der Waals surface area contributed by atoms with E-state index in [1.165, 1.54) is 5.56 Å². The highest BCUT2D eigenvalue weighted by Gasteiger charge is 2.11. The fourth-order valence-corrected chi connectivity index (χ4v) is 2.68. The molecule has 0 saturated heterocycles. The molecular weight excluding hydrogens is 282 g/mol. The molecular formula is C17H22ClN3. The van der Waals surface area contributed by atoms with E-state index in [2.05, 4.69) is 28.9 Å². The van der Waals surface area contributed by atoms with E-state index in [-0.39, 0.29) is 6.04 Å². The van der Waals surface area contributed by atoms with E-state index in [0.29, 0.717) is 0 Å². The minimum atomic E-state index is 0.141. The quantitative estimate of drug-likeness (QED) is 0.885. The second-order valence-electron chi connectivity index (χ2n) is 5.30. The number of anilines is 1. The van der Waals surface area contributed by atoms with Crippen LogP contribution in [0.25, 0.3) is 0 Å². The zero-order chi connectivity index (χ0) is 15.2. The Morgan fingerprint density at radius 1 is 1.29 bits per heavy atom. The van der Waals surface area contributed by atoms with Crippen LogP contribution in [0.4, 0.5) is 5.69 Å². The molecule has 0 aliphatic carbocycles. The van der Waals surface area contributed by atoms with E-state index in [9.17, 15) is 0 Å². The number of nitrogens with zero attached hydrogens (tertiary/aromatic N) is 2. The van der Waals surface area contributed by atoms with Crippen molar-refractivity contribution in [3.63, 3.8) is 0 Å². The predicted octanol–water partition coefficient (Wildman–Crippen LogP) is 3.65. The van der Waals surface area contributed by atoms with Crippen molar-refractivity contribution < 1.29 is 0 Å². The largest absolute Gasteiger partial charge is 0.365 e. The standard InChI is InChI=1S/C17H22ClN3/c1-3-21(12-15-6-4-5-9-20-15)17-8-7-14(10-13(2)19)11-16(17)18/h4-9,11,13H,3,10,12,19H2,1-2H3. The minimum absolute atomic E-state index is 0.141. The molecule has 0 spiro atoms. The van der Waals surface area contributed by atoms with Crippen molar-refractivity contribution in [2.45, 2.75) is 32.9 Å². The van der Waals surface area contributed by atoms with E-state index in [0.717, 1.165) is 35.9 Å². The predicted molar refractivity (Wildman–Crippen MR) is 89.8 cm³/mol. The summed E-state index contributed by atoms with van der Waals surface area (Å²) in [6.45, 7) is 5.75. The summed E-state index contributed by atoms with van der Waals surface area (Å²) >= 11 is 6.45. The number of nitrogens with two attached hydrogens (primary N) is 1. The summed E-state index contributed by atoms with van der Waals surface area (Å²) in [6, 6.07) is 12.3. The van der Waals surface area contributed by atoms with Gasteiger partial charge in [-0.15, -0.1) is 0 Å². The summed E-state index contributed by atoms with van der Waals surface area (Å²) in [5.41, 5.74) is 9.09. The van der Waals surface area contributed by atoms with Crippen LogP contribution in [0.15, 0.2) is 42.6 Å². The van der Waals surface area contributed by atoms with E-state index >= 15 is 0 Å². The molecule has 0 saturated carbocycles. The normalized spacial score (nSPS) is 12.2. The highest BCUT2D eigenvalue weighted by atomic mass is 35.5. The number of aromatic nitrogens is 1. The van der Waals surface area contributed by atoms with Crippen molar-refractivity contribution in [1.29, 1.82) is 0 Å². The van der Waals surface area contributed by atoms with Crippen LogP contribution in [0.2, 0.25) is 5.02 Å². The van der Waals surface area contributed by atoms with Gasteiger partial charge in [0, 0.05) is 18.8 Å². The van der Waals surface area contributed by atoms with E-state index in [1.807, 2.05) is 37.4 Å². The van der Waals surface area contributed by atoms with Crippen molar-refractivity contribution in [2.75, 3.05) is 11.4 Å². The highest BCUT2D eigenvalue weighted by Crippen LogP contribution is 2.28. The van der Waals surface area contributed by atoms with Gasteiger partial charge >= 0.3 is 0 Å². The number of benzene rings is 1. The molecule has 21 heavy (non-hydrogen) atoms. The number of halogens is 1. The van der Waals surface area contributed by atoms with Crippen LogP contribution in [0.5, 0.6) is 0 Å². The van der Waals surface area contributed by atoms with Crippen LogP contribution in [0, 0.1) is 0 Å². The average molecular weight is 304 g/mol. The molecule has 0 aliphatic rings. The summed E-state index contributed by atoms with van der Waals surface area (Å²) in [5, 5.41) is 0.769. The fraction of sp³-hybridized carbons (Fsp3) is 0.353. The number of hydrogen-bond acceptors (Lipinski definition) is 3. The molecule has 0 radical (unpaired) electrons. The van der Waals surface area contributed by atoms with Gasteiger partial charge in [0.05, 0.1) is 22.9 Å². The van der Waals surface area contributed by atoms with Crippen LogP contribution >= 0.6 is 11.6 Å². The Labute approximate surface area is 131 Å². The molecule has 1 heterocycles. The van der Waals surface area contributed by atoms with E-state index < -0.39 is 0 Å². The van der Waals surface area contributed by atoms with Crippen LogP contribution < -0.4 is 10.6 Å². The first kappa shape index (κ1) is 15.8. The highest BCUT2D eigenvalue weighted by molar-refractivity contribution is 6.33. The Morgan fingerprint density at radius 2 is 2.10 bits per heavy atom. The number of hydrogen-bond donors (Lipinski definition) is 1. The molecule has 0 bridgehead atoms. The van der Waals surface area contributed by atoms with Gasteiger partial charge in [-0.25, -0.2) is 0 Å². The lowest BCUT2D eigenvalue weighted by atomic mass is 10.1. The topological polar surface area (TPSA) is 42.2 Å². The van der Waals surface area contributed by atoms with Crippen molar-refractivity contribution in [1.82, 2.24) is 4.98 Å². The molecule has 1 aromatic carbocycles. The second kappa shape index (κ2) is 7.43. The molecule has 4 heteroatoms. The van der Waals surface area contributed by atoms with Crippen LogP contribution in [-0.4, -0.2) is 17.6 Å². The third-order valence-electron chi connectivity index (χ3n) is 3.37. The van der Waals surface area contributed by atoms with Gasteiger partial charge in [-0.05, 0) is 50.1 Å². The first-order valence-corrected chi connectivity index (χ1v) is 7.66. The SMILES string of the molecule is CCN(Cc1ccccn1)c1ccc(CC(C)N)cc1Cl.